The largest absolute Gasteiger partial charge is 0.491 e. The average Bonchev–Trinajstić information content (AvgIpc) is 3.22. The van der Waals surface area contributed by atoms with Gasteiger partial charge in [-0.05, 0) is 79.3 Å². The van der Waals surface area contributed by atoms with Crippen LogP contribution in [0.5, 0.6) is 11.5 Å². The minimum absolute atomic E-state index is 0.0475. The van der Waals surface area contributed by atoms with E-state index >= 15 is 0 Å². The summed E-state index contributed by atoms with van der Waals surface area (Å²) in [5.74, 6) is 1.74. The van der Waals surface area contributed by atoms with Crippen molar-refractivity contribution in [2.45, 2.75) is 51.3 Å². The fourth-order valence-electron chi connectivity index (χ4n) is 5.88. The number of aromatic nitrogens is 2. The van der Waals surface area contributed by atoms with E-state index in [1.54, 1.807) is 24.3 Å². The Morgan fingerprint density at radius 3 is 2.71 bits per heavy atom. The van der Waals surface area contributed by atoms with Crippen molar-refractivity contribution in [2.75, 3.05) is 19.7 Å². The number of alkyl halides is 2. The van der Waals surface area contributed by atoms with Crippen molar-refractivity contribution in [2.24, 2.45) is 0 Å². The van der Waals surface area contributed by atoms with Gasteiger partial charge in [0.1, 0.15) is 23.9 Å². The van der Waals surface area contributed by atoms with E-state index < -0.39 is 12.5 Å². The summed E-state index contributed by atoms with van der Waals surface area (Å²) < 4.78 is 38.7. The Hall–Kier alpha value is -4.40. The third-order valence-corrected chi connectivity index (χ3v) is 7.91. The van der Waals surface area contributed by atoms with Crippen molar-refractivity contribution in [3.05, 3.63) is 90.3 Å². The van der Waals surface area contributed by atoms with Crippen molar-refractivity contribution >= 4 is 17.1 Å². The highest BCUT2D eigenvalue weighted by molar-refractivity contribution is 5.82. The summed E-state index contributed by atoms with van der Waals surface area (Å²) >= 11 is 0. The van der Waals surface area contributed by atoms with Crippen LogP contribution in [-0.4, -0.2) is 51.6 Å². The number of rotatable bonds is 6. The number of amides is 2. The number of hydrogen-bond donors (Lipinski definition) is 1. The molecule has 0 aliphatic carbocycles. The number of nitrogens with one attached hydrogen (secondary N) is 1. The Bertz CT molecular complexity index is 1600. The van der Waals surface area contributed by atoms with E-state index in [1.807, 2.05) is 34.9 Å². The summed E-state index contributed by atoms with van der Waals surface area (Å²) in [6.45, 7) is 7.24. The van der Waals surface area contributed by atoms with E-state index in [1.165, 1.54) is 0 Å². The van der Waals surface area contributed by atoms with Crippen LogP contribution in [0, 0.1) is 6.92 Å². The zero-order chi connectivity index (χ0) is 29.3. The number of urea groups is 1. The molecule has 2 aliphatic rings. The summed E-state index contributed by atoms with van der Waals surface area (Å²) in [4.78, 5) is 25.5. The number of nitrogens with zero attached hydrogens (tertiary/aromatic N) is 3. The topological polar surface area (TPSA) is 70.7 Å². The SMILES string of the molecule is C=CCC(F)(F)Oc1ccc(C2CCCCN2C(=O)N2CCOc3ccc(-c4ccc5nc(C)[nH]c5c4)cc3C2)cc1. The number of benzene rings is 3. The second-order valence-corrected chi connectivity index (χ2v) is 10.9. The lowest BCUT2D eigenvalue weighted by molar-refractivity contribution is -0.172. The molecule has 42 heavy (non-hydrogen) atoms. The monoisotopic (exact) mass is 572 g/mol. The second kappa shape index (κ2) is 11.5. The Morgan fingerprint density at radius 1 is 1.12 bits per heavy atom. The van der Waals surface area contributed by atoms with Crippen molar-refractivity contribution in [3.63, 3.8) is 0 Å². The van der Waals surface area contributed by atoms with Crippen LogP contribution in [0.15, 0.2) is 73.3 Å². The molecule has 1 unspecified atom stereocenters. The number of carbonyl (C=O) groups excluding carboxylic acids is 1. The molecule has 1 saturated heterocycles. The minimum atomic E-state index is -3.31. The molecule has 0 radical (unpaired) electrons. The van der Waals surface area contributed by atoms with E-state index in [0.29, 0.717) is 26.2 Å². The molecule has 3 heterocycles. The Morgan fingerprint density at radius 2 is 1.90 bits per heavy atom. The number of aryl methyl sites for hydroxylation is 1. The number of ether oxygens (including phenoxy) is 2. The van der Waals surface area contributed by atoms with Crippen LogP contribution >= 0.6 is 0 Å². The van der Waals surface area contributed by atoms with Gasteiger partial charge >= 0.3 is 12.1 Å². The van der Waals surface area contributed by atoms with Crippen molar-refractivity contribution < 1.29 is 23.0 Å². The summed E-state index contributed by atoms with van der Waals surface area (Å²) in [6, 6.07) is 18.7. The van der Waals surface area contributed by atoms with E-state index in [-0.39, 0.29) is 17.8 Å². The van der Waals surface area contributed by atoms with Crippen LogP contribution in [0.4, 0.5) is 13.6 Å². The molecule has 7 nitrogen and oxygen atoms in total. The quantitative estimate of drug-likeness (QED) is 0.241. The highest BCUT2D eigenvalue weighted by atomic mass is 19.3. The first-order valence-electron chi connectivity index (χ1n) is 14.4. The summed E-state index contributed by atoms with van der Waals surface area (Å²) in [5, 5.41) is 0. The summed E-state index contributed by atoms with van der Waals surface area (Å²) in [7, 11) is 0. The molecule has 1 fully saturated rings. The third kappa shape index (κ3) is 5.82. The zero-order valence-electron chi connectivity index (χ0n) is 23.6. The molecule has 6 rings (SSSR count). The first-order valence-corrected chi connectivity index (χ1v) is 14.4. The number of imidazole rings is 1. The number of likely N-dealkylation sites (tertiary alicyclic amines) is 1. The summed E-state index contributed by atoms with van der Waals surface area (Å²) in [6.07, 6.45) is -0.0424. The van der Waals surface area contributed by atoms with Crippen LogP contribution in [0.2, 0.25) is 0 Å². The fraction of sp³-hybridized carbons (Fsp3) is 0.333. The molecule has 1 N–H and O–H groups in total. The van der Waals surface area contributed by atoms with Crippen LogP contribution in [0.1, 0.15) is 48.7 Å². The molecule has 1 aromatic heterocycles. The standard InChI is InChI=1S/C33H34F2N4O3/c1-3-15-33(34,35)42-27-11-7-23(8-12-27)30-6-4-5-16-39(30)32(40)38-17-18-41-31-14-10-24(19-26(31)21-38)25-9-13-28-29(20-25)37-22(2)36-28/h3,7-14,19-20,30H,1,4-6,15-18,21H2,2H3,(H,36,37). The zero-order valence-corrected chi connectivity index (χ0v) is 23.6. The van der Waals surface area contributed by atoms with Gasteiger partial charge in [-0.25, -0.2) is 9.78 Å². The molecule has 0 bridgehead atoms. The molecule has 0 saturated carbocycles. The smallest absolute Gasteiger partial charge is 0.401 e. The molecule has 218 valence electrons. The van der Waals surface area contributed by atoms with Gasteiger partial charge in [0.05, 0.1) is 36.6 Å². The number of piperidine rings is 1. The number of aromatic amines is 1. The van der Waals surface area contributed by atoms with E-state index in [2.05, 4.69) is 34.7 Å². The van der Waals surface area contributed by atoms with Gasteiger partial charge in [0, 0.05) is 12.1 Å². The molecular formula is C33H34F2N4O3. The predicted octanol–water partition coefficient (Wildman–Crippen LogP) is 7.63. The van der Waals surface area contributed by atoms with Gasteiger partial charge in [0.2, 0.25) is 0 Å². The molecule has 2 aliphatic heterocycles. The molecule has 4 aromatic rings. The average molecular weight is 573 g/mol. The molecular weight excluding hydrogens is 538 g/mol. The van der Waals surface area contributed by atoms with Gasteiger partial charge in [-0.3, -0.25) is 0 Å². The van der Waals surface area contributed by atoms with Gasteiger partial charge < -0.3 is 24.3 Å². The maximum absolute atomic E-state index is 14.0. The molecule has 2 amide bonds. The van der Waals surface area contributed by atoms with Crippen molar-refractivity contribution in [3.8, 4) is 22.6 Å². The lowest BCUT2D eigenvalue weighted by atomic mass is 9.95. The lowest BCUT2D eigenvalue weighted by Gasteiger charge is -2.39. The molecule has 1 atom stereocenters. The maximum atomic E-state index is 14.0. The van der Waals surface area contributed by atoms with Gasteiger partial charge in [-0.1, -0.05) is 30.3 Å². The number of halogens is 2. The Kier molecular flexibility index (Phi) is 7.58. The van der Waals surface area contributed by atoms with Crippen LogP contribution < -0.4 is 9.47 Å². The van der Waals surface area contributed by atoms with Gasteiger partial charge in [-0.15, -0.1) is 6.58 Å². The van der Waals surface area contributed by atoms with Gasteiger partial charge in [-0.2, -0.15) is 8.78 Å². The van der Waals surface area contributed by atoms with Crippen LogP contribution in [0.25, 0.3) is 22.2 Å². The third-order valence-electron chi connectivity index (χ3n) is 7.91. The Balaban J connectivity index is 1.21. The van der Waals surface area contributed by atoms with E-state index in [0.717, 1.165) is 70.2 Å². The summed E-state index contributed by atoms with van der Waals surface area (Å²) in [5.41, 5.74) is 5.86. The predicted molar refractivity (Wildman–Crippen MR) is 158 cm³/mol. The number of H-pyrrole nitrogens is 1. The lowest BCUT2D eigenvalue weighted by Crippen LogP contribution is -2.47. The first kappa shape index (κ1) is 27.8. The molecule has 9 heteroatoms. The van der Waals surface area contributed by atoms with E-state index in [9.17, 15) is 13.6 Å². The highest BCUT2D eigenvalue weighted by Crippen LogP contribution is 2.35. The normalized spacial score (nSPS) is 17.4. The van der Waals surface area contributed by atoms with Gasteiger partial charge in [0.15, 0.2) is 0 Å². The van der Waals surface area contributed by atoms with Crippen molar-refractivity contribution in [1.82, 2.24) is 19.8 Å². The van der Waals surface area contributed by atoms with Crippen molar-refractivity contribution in [1.29, 1.82) is 0 Å². The minimum Gasteiger partial charge on any atom is -0.491 e. The second-order valence-electron chi connectivity index (χ2n) is 10.9. The number of carbonyl (C=O) groups is 1. The van der Waals surface area contributed by atoms with Crippen LogP contribution in [-0.2, 0) is 6.54 Å². The molecule has 3 aromatic carbocycles. The first-order chi connectivity index (χ1) is 20.3. The van der Waals surface area contributed by atoms with Crippen LogP contribution in [0.3, 0.4) is 0 Å². The molecule has 0 spiro atoms. The number of hydrogen-bond acceptors (Lipinski definition) is 4. The fourth-order valence-corrected chi connectivity index (χ4v) is 5.88. The number of fused-ring (bicyclic) bond motifs is 2. The highest BCUT2D eigenvalue weighted by Gasteiger charge is 2.33. The van der Waals surface area contributed by atoms with Gasteiger partial charge in [0.25, 0.3) is 0 Å². The Labute approximate surface area is 243 Å². The van der Waals surface area contributed by atoms with E-state index in [4.69, 9.17) is 9.47 Å². The maximum Gasteiger partial charge on any atom is 0.401 e.